The minimum atomic E-state index is 0.102. The number of piperidine rings is 1. The molecule has 1 saturated heterocycles. The third kappa shape index (κ3) is 3.60. The molecule has 1 amide bonds. The van der Waals surface area contributed by atoms with Gasteiger partial charge in [-0.25, -0.2) is 0 Å². The highest BCUT2D eigenvalue weighted by Gasteiger charge is 2.21. The van der Waals surface area contributed by atoms with E-state index in [2.05, 4.69) is 50.5 Å². The number of hydrogen-bond acceptors (Lipinski definition) is 2. The zero-order valence-electron chi connectivity index (χ0n) is 13.0. The van der Waals surface area contributed by atoms with Gasteiger partial charge < -0.3 is 10.6 Å². The molecule has 1 aromatic rings. The van der Waals surface area contributed by atoms with Crippen LogP contribution in [0.4, 0.5) is 5.69 Å². The predicted molar refractivity (Wildman–Crippen MR) is 84.1 cm³/mol. The zero-order valence-corrected chi connectivity index (χ0v) is 13.0. The first-order valence-electron chi connectivity index (χ1n) is 7.50. The summed E-state index contributed by atoms with van der Waals surface area (Å²) in [6.07, 6.45) is 2.07. The van der Waals surface area contributed by atoms with E-state index in [4.69, 9.17) is 0 Å². The van der Waals surface area contributed by atoms with E-state index in [9.17, 15) is 4.79 Å². The highest BCUT2D eigenvalue weighted by atomic mass is 16.1. The van der Waals surface area contributed by atoms with Gasteiger partial charge in [0.15, 0.2) is 0 Å². The van der Waals surface area contributed by atoms with Gasteiger partial charge in [0.05, 0.1) is 5.92 Å². The fourth-order valence-corrected chi connectivity index (χ4v) is 2.58. The van der Waals surface area contributed by atoms with Crippen LogP contribution in [0.1, 0.15) is 44.7 Å². The Balaban J connectivity index is 2.08. The lowest BCUT2D eigenvalue weighted by atomic mass is 9.86. The number of benzene rings is 1. The zero-order chi connectivity index (χ0) is 14.8. The standard InChI is InChI=1S/C17H26N2O/c1-12-10-14(17(2,3)4)7-8-15(12)19-16(20)13-6-5-9-18-11-13/h7-8,10,13,18H,5-6,9,11H2,1-4H3,(H,19,20). The van der Waals surface area contributed by atoms with E-state index in [0.717, 1.165) is 37.2 Å². The number of anilines is 1. The lowest BCUT2D eigenvalue weighted by Crippen LogP contribution is -2.37. The maximum atomic E-state index is 12.3. The van der Waals surface area contributed by atoms with Crippen LogP contribution in [0.2, 0.25) is 0 Å². The molecule has 0 aliphatic carbocycles. The molecule has 1 fully saturated rings. The van der Waals surface area contributed by atoms with E-state index in [1.807, 2.05) is 6.07 Å². The normalized spacial score (nSPS) is 19.7. The Bertz CT molecular complexity index is 482. The minimum Gasteiger partial charge on any atom is -0.326 e. The van der Waals surface area contributed by atoms with E-state index in [0.29, 0.717) is 0 Å². The Morgan fingerprint density at radius 2 is 2.10 bits per heavy atom. The molecule has 3 heteroatoms. The number of hydrogen-bond donors (Lipinski definition) is 2. The average Bonchev–Trinajstić information content (AvgIpc) is 2.41. The van der Waals surface area contributed by atoms with Crippen molar-refractivity contribution in [3.05, 3.63) is 29.3 Å². The topological polar surface area (TPSA) is 41.1 Å². The van der Waals surface area contributed by atoms with E-state index in [1.165, 1.54) is 5.56 Å². The molecule has 3 nitrogen and oxygen atoms in total. The predicted octanol–water partition coefficient (Wildman–Crippen LogP) is 3.23. The first kappa shape index (κ1) is 15.0. The third-order valence-electron chi connectivity index (χ3n) is 4.02. The molecule has 0 aromatic heterocycles. The summed E-state index contributed by atoms with van der Waals surface area (Å²) in [6.45, 7) is 10.5. The molecule has 110 valence electrons. The Labute approximate surface area is 122 Å². The summed E-state index contributed by atoms with van der Waals surface area (Å²) >= 11 is 0. The molecule has 1 aliphatic rings. The molecule has 1 heterocycles. The Hall–Kier alpha value is -1.35. The van der Waals surface area contributed by atoms with Crippen LogP contribution in [-0.4, -0.2) is 19.0 Å². The monoisotopic (exact) mass is 274 g/mol. The van der Waals surface area contributed by atoms with Crippen molar-refractivity contribution in [2.75, 3.05) is 18.4 Å². The van der Waals surface area contributed by atoms with Crippen molar-refractivity contribution in [2.45, 2.75) is 46.0 Å². The second kappa shape index (κ2) is 5.96. The number of carbonyl (C=O) groups is 1. The molecule has 1 unspecified atom stereocenters. The first-order chi connectivity index (χ1) is 9.38. The Kier molecular flexibility index (Phi) is 4.48. The van der Waals surface area contributed by atoms with Crippen molar-refractivity contribution in [1.29, 1.82) is 0 Å². The van der Waals surface area contributed by atoms with Crippen LogP contribution >= 0.6 is 0 Å². The molecule has 0 bridgehead atoms. The number of aryl methyl sites for hydroxylation is 1. The Morgan fingerprint density at radius 3 is 2.65 bits per heavy atom. The van der Waals surface area contributed by atoms with Gasteiger partial charge in [-0.15, -0.1) is 0 Å². The van der Waals surface area contributed by atoms with Crippen molar-refractivity contribution in [2.24, 2.45) is 5.92 Å². The second-order valence-electron chi connectivity index (χ2n) is 6.81. The van der Waals surface area contributed by atoms with Gasteiger partial charge in [-0.05, 0) is 48.9 Å². The smallest absolute Gasteiger partial charge is 0.228 e. The van der Waals surface area contributed by atoms with Crippen LogP contribution in [-0.2, 0) is 10.2 Å². The number of rotatable bonds is 2. The van der Waals surface area contributed by atoms with Crippen LogP contribution in [0.3, 0.4) is 0 Å². The third-order valence-corrected chi connectivity index (χ3v) is 4.02. The lowest BCUT2D eigenvalue weighted by molar-refractivity contribution is -0.120. The molecular weight excluding hydrogens is 248 g/mol. The largest absolute Gasteiger partial charge is 0.326 e. The van der Waals surface area contributed by atoms with Gasteiger partial charge in [0.1, 0.15) is 0 Å². The molecular formula is C17H26N2O. The van der Waals surface area contributed by atoms with Crippen molar-refractivity contribution >= 4 is 11.6 Å². The van der Waals surface area contributed by atoms with Crippen molar-refractivity contribution in [3.63, 3.8) is 0 Å². The number of amides is 1. The van der Waals surface area contributed by atoms with E-state index in [-0.39, 0.29) is 17.2 Å². The second-order valence-corrected chi connectivity index (χ2v) is 6.81. The summed E-state index contributed by atoms with van der Waals surface area (Å²) in [7, 11) is 0. The Morgan fingerprint density at radius 1 is 1.35 bits per heavy atom. The molecule has 1 aliphatic heterocycles. The summed E-state index contributed by atoms with van der Waals surface area (Å²) in [4.78, 5) is 12.3. The quantitative estimate of drug-likeness (QED) is 0.869. The van der Waals surface area contributed by atoms with Gasteiger partial charge in [0, 0.05) is 12.2 Å². The average molecular weight is 274 g/mol. The van der Waals surface area contributed by atoms with Crippen LogP contribution in [0.25, 0.3) is 0 Å². The summed E-state index contributed by atoms with van der Waals surface area (Å²) in [5, 5.41) is 6.36. The maximum absolute atomic E-state index is 12.3. The molecule has 0 saturated carbocycles. The molecule has 1 aromatic carbocycles. The number of nitrogens with one attached hydrogen (secondary N) is 2. The molecule has 0 spiro atoms. The molecule has 0 radical (unpaired) electrons. The van der Waals surface area contributed by atoms with Gasteiger partial charge in [0.2, 0.25) is 5.91 Å². The van der Waals surface area contributed by atoms with E-state index < -0.39 is 0 Å². The lowest BCUT2D eigenvalue weighted by Gasteiger charge is -2.23. The fourth-order valence-electron chi connectivity index (χ4n) is 2.58. The molecule has 2 rings (SSSR count). The van der Waals surface area contributed by atoms with Crippen LogP contribution < -0.4 is 10.6 Å². The van der Waals surface area contributed by atoms with Gasteiger partial charge in [-0.1, -0.05) is 32.9 Å². The van der Waals surface area contributed by atoms with Crippen molar-refractivity contribution in [1.82, 2.24) is 5.32 Å². The van der Waals surface area contributed by atoms with Gasteiger partial charge >= 0.3 is 0 Å². The van der Waals surface area contributed by atoms with Gasteiger partial charge in [0.25, 0.3) is 0 Å². The van der Waals surface area contributed by atoms with Crippen molar-refractivity contribution in [3.8, 4) is 0 Å². The summed E-state index contributed by atoms with van der Waals surface area (Å²) in [5.41, 5.74) is 3.51. The molecule has 1 atom stereocenters. The fraction of sp³-hybridized carbons (Fsp3) is 0.588. The van der Waals surface area contributed by atoms with Gasteiger partial charge in [-0.3, -0.25) is 4.79 Å². The SMILES string of the molecule is Cc1cc(C(C)(C)C)ccc1NC(=O)C1CCCNC1. The van der Waals surface area contributed by atoms with Crippen LogP contribution in [0.5, 0.6) is 0 Å². The summed E-state index contributed by atoms with van der Waals surface area (Å²) < 4.78 is 0. The molecule has 20 heavy (non-hydrogen) atoms. The first-order valence-corrected chi connectivity index (χ1v) is 7.50. The van der Waals surface area contributed by atoms with Gasteiger partial charge in [-0.2, -0.15) is 0 Å². The minimum absolute atomic E-state index is 0.102. The van der Waals surface area contributed by atoms with Crippen LogP contribution in [0.15, 0.2) is 18.2 Å². The number of carbonyl (C=O) groups excluding carboxylic acids is 1. The highest BCUT2D eigenvalue weighted by molar-refractivity contribution is 5.93. The maximum Gasteiger partial charge on any atom is 0.228 e. The highest BCUT2D eigenvalue weighted by Crippen LogP contribution is 2.26. The molecule has 2 N–H and O–H groups in total. The van der Waals surface area contributed by atoms with E-state index in [1.54, 1.807) is 0 Å². The van der Waals surface area contributed by atoms with Crippen LogP contribution in [0, 0.1) is 12.8 Å². The summed E-state index contributed by atoms with van der Waals surface area (Å²) in [6, 6.07) is 6.32. The summed E-state index contributed by atoms with van der Waals surface area (Å²) in [5.74, 6) is 0.245. The van der Waals surface area contributed by atoms with Crippen molar-refractivity contribution < 1.29 is 4.79 Å². The van der Waals surface area contributed by atoms with E-state index >= 15 is 0 Å².